The fourth-order valence-corrected chi connectivity index (χ4v) is 3.98. The number of anilines is 1. The van der Waals surface area contributed by atoms with Gasteiger partial charge in [0, 0.05) is 30.6 Å². The van der Waals surface area contributed by atoms with Crippen molar-refractivity contribution in [2.24, 2.45) is 5.92 Å². The van der Waals surface area contributed by atoms with Gasteiger partial charge in [-0.1, -0.05) is 5.16 Å². The molecule has 0 spiro atoms. The molecule has 0 aliphatic carbocycles. The van der Waals surface area contributed by atoms with Gasteiger partial charge in [-0.25, -0.2) is 0 Å². The normalized spacial score (nSPS) is 14.1. The Morgan fingerprint density at radius 2 is 1.74 bits per heavy atom. The number of nitrogens with one attached hydrogen (secondary N) is 2. The highest BCUT2D eigenvalue weighted by atomic mass is 16.5. The Morgan fingerprint density at radius 1 is 1.06 bits per heavy atom. The summed E-state index contributed by atoms with van der Waals surface area (Å²) in [4.78, 5) is 27.2. The molecule has 0 bridgehead atoms. The molecule has 1 saturated heterocycles. The molecule has 0 atom stereocenters. The number of ether oxygens (including phenoxy) is 3. The highest BCUT2D eigenvalue weighted by molar-refractivity contribution is 5.94. The van der Waals surface area contributed by atoms with Crippen LogP contribution >= 0.6 is 0 Å². The van der Waals surface area contributed by atoms with Crippen molar-refractivity contribution in [3.05, 3.63) is 35.7 Å². The van der Waals surface area contributed by atoms with Gasteiger partial charge in [0.1, 0.15) is 11.5 Å². The molecule has 1 aliphatic heterocycles. The first kappa shape index (κ1) is 23.1. The van der Waals surface area contributed by atoms with E-state index in [1.165, 1.54) is 21.3 Å². The molecule has 1 aromatic carbocycles. The maximum atomic E-state index is 13.0. The summed E-state index contributed by atoms with van der Waals surface area (Å²) in [5, 5.41) is 13.7. The zero-order valence-corrected chi connectivity index (χ0v) is 19.5. The number of hydrogen-bond acceptors (Lipinski definition) is 8. The lowest BCUT2D eigenvalue weighted by atomic mass is 9.95. The highest BCUT2D eigenvalue weighted by Gasteiger charge is 2.29. The Morgan fingerprint density at radius 3 is 2.29 bits per heavy atom. The first-order chi connectivity index (χ1) is 16.4. The van der Waals surface area contributed by atoms with Crippen LogP contribution in [-0.4, -0.2) is 66.5 Å². The molecule has 0 unspecified atom stereocenters. The fraction of sp³-hybridized carbons (Fsp3) is 0.391. The number of methoxy groups -OCH3 is 3. The smallest absolute Gasteiger partial charge is 0.271 e. The summed E-state index contributed by atoms with van der Waals surface area (Å²) < 4.78 is 21.1. The highest BCUT2D eigenvalue weighted by Crippen LogP contribution is 2.40. The third kappa shape index (κ3) is 4.68. The predicted molar refractivity (Wildman–Crippen MR) is 122 cm³/mol. The second-order valence-corrected chi connectivity index (χ2v) is 7.96. The number of amides is 2. The molecule has 4 rings (SSSR count). The van der Waals surface area contributed by atoms with Crippen LogP contribution < -0.4 is 19.5 Å². The van der Waals surface area contributed by atoms with Crippen LogP contribution in [-0.2, 0) is 4.79 Å². The van der Waals surface area contributed by atoms with Gasteiger partial charge in [-0.3, -0.25) is 14.7 Å². The average molecular weight is 469 g/mol. The minimum Gasteiger partial charge on any atom is -0.493 e. The molecular formula is C23H27N5O6. The molecule has 34 heavy (non-hydrogen) atoms. The SMILES string of the molecule is COc1cc(-c2cc(C(=O)N3CCC(C(=O)Nc4cc(C)on4)CC3)[nH]n2)cc(OC)c1OC. The summed E-state index contributed by atoms with van der Waals surface area (Å²) in [7, 11) is 4.61. The lowest BCUT2D eigenvalue weighted by molar-refractivity contribution is -0.121. The lowest BCUT2D eigenvalue weighted by Crippen LogP contribution is -2.41. The van der Waals surface area contributed by atoms with Crippen LogP contribution in [0, 0.1) is 12.8 Å². The first-order valence-corrected chi connectivity index (χ1v) is 10.8. The maximum absolute atomic E-state index is 13.0. The van der Waals surface area contributed by atoms with Crippen molar-refractivity contribution in [1.82, 2.24) is 20.3 Å². The molecule has 1 aliphatic rings. The minimum absolute atomic E-state index is 0.119. The summed E-state index contributed by atoms with van der Waals surface area (Å²) in [6.07, 6.45) is 1.12. The van der Waals surface area contributed by atoms with Gasteiger partial charge in [0.05, 0.1) is 27.0 Å². The zero-order chi connectivity index (χ0) is 24.2. The Kier molecular flexibility index (Phi) is 6.71. The number of aromatic amines is 1. The monoisotopic (exact) mass is 469 g/mol. The third-order valence-corrected chi connectivity index (χ3v) is 5.80. The van der Waals surface area contributed by atoms with Crippen molar-refractivity contribution in [2.75, 3.05) is 39.7 Å². The number of likely N-dealkylation sites (tertiary alicyclic amines) is 1. The second-order valence-electron chi connectivity index (χ2n) is 7.96. The molecule has 2 aromatic heterocycles. The molecule has 11 nitrogen and oxygen atoms in total. The van der Waals surface area contributed by atoms with Crippen LogP contribution in [0.4, 0.5) is 5.82 Å². The van der Waals surface area contributed by atoms with Gasteiger partial charge < -0.3 is 29.0 Å². The van der Waals surface area contributed by atoms with Crippen LogP contribution in [0.25, 0.3) is 11.3 Å². The van der Waals surface area contributed by atoms with Gasteiger partial charge in [-0.05, 0) is 38.0 Å². The van der Waals surface area contributed by atoms with Gasteiger partial charge >= 0.3 is 0 Å². The largest absolute Gasteiger partial charge is 0.493 e. The summed E-state index contributed by atoms with van der Waals surface area (Å²) in [5.74, 6) is 2.01. The van der Waals surface area contributed by atoms with E-state index >= 15 is 0 Å². The summed E-state index contributed by atoms with van der Waals surface area (Å²) in [6, 6.07) is 6.90. The minimum atomic E-state index is -0.197. The van der Waals surface area contributed by atoms with E-state index in [2.05, 4.69) is 20.7 Å². The average Bonchev–Trinajstić information content (AvgIpc) is 3.52. The van der Waals surface area contributed by atoms with Crippen molar-refractivity contribution >= 4 is 17.6 Å². The van der Waals surface area contributed by atoms with Crippen molar-refractivity contribution < 1.29 is 28.3 Å². The zero-order valence-electron chi connectivity index (χ0n) is 19.5. The predicted octanol–water partition coefficient (Wildman–Crippen LogP) is 2.89. The van der Waals surface area contributed by atoms with Crippen molar-refractivity contribution in [3.8, 4) is 28.5 Å². The topological polar surface area (TPSA) is 132 Å². The number of nitrogens with zero attached hydrogens (tertiary/aromatic N) is 3. The summed E-state index contributed by atoms with van der Waals surface area (Å²) in [5.41, 5.74) is 1.65. The summed E-state index contributed by atoms with van der Waals surface area (Å²) in [6.45, 7) is 2.69. The second kappa shape index (κ2) is 9.86. The molecule has 2 N–H and O–H groups in total. The van der Waals surface area contributed by atoms with E-state index < -0.39 is 0 Å². The molecule has 180 valence electrons. The van der Waals surface area contributed by atoms with E-state index in [9.17, 15) is 9.59 Å². The van der Waals surface area contributed by atoms with E-state index in [-0.39, 0.29) is 17.7 Å². The Labute approximate surface area is 196 Å². The van der Waals surface area contributed by atoms with E-state index in [0.717, 1.165) is 0 Å². The van der Waals surface area contributed by atoms with Crippen molar-refractivity contribution in [1.29, 1.82) is 0 Å². The molecule has 1 fully saturated rings. The van der Waals surface area contributed by atoms with E-state index in [1.807, 2.05) is 0 Å². The van der Waals surface area contributed by atoms with Gasteiger partial charge in [0.25, 0.3) is 5.91 Å². The molecule has 0 saturated carbocycles. The molecule has 2 amide bonds. The number of aryl methyl sites for hydroxylation is 1. The quantitative estimate of drug-likeness (QED) is 0.540. The Balaban J connectivity index is 1.41. The third-order valence-electron chi connectivity index (χ3n) is 5.80. The number of benzene rings is 1. The van der Waals surface area contributed by atoms with Gasteiger partial charge in [0.15, 0.2) is 17.3 Å². The lowest BCUT2D eigenvalue weighted by Gasteiger charge is -2.30. The van der Waals surface area contributed by atoms with Crippen LogP contribution in [0.2, 0.25) is 0 Å². The van der Waals surface area contributed by atoms with Crippen LogP contribution in [0.15, 0.2) is 28.8 Å². The van der Waals surface area contributed by atoms with Crippen LogP contribution in [0.1, 0.15) is 29.1 Å². The van der Waals surface area contributed by atoms with Gasteiger partial charge in [-0.2, -0.15) is 5.10 Å². The van der Waals surface area contributed by atoms with E-state index in [0.29, 0.717) is 71.7 Å². The molecule has 0 radical (unpaired) electrons. The van der Waals surface area contributed by atoms with Crippen LogP contribution in [0.3, 0.4) is 0 Å². The van der Waals surface area contributed by atoms with Crippen LogP contribution in [0.5, 0.6) is 17.2 Å². The fourth-order valence-electron chi connectivity index (χ4n) is 3.98. The maximum Gasteiger partial charge on any atom is 0.271 e. The molecular weight excluding hydrogens is 442 g/mol. The summed E-state index contributed by atoms with van der Waals surface area (Å²) >= 11 is 0. The van der Waals surface area contributed by atoms with Crippen molar-refractivity contribution in [3.63, 3.8) is 0 Å². The molecule has 3 aromatic rings. The van der Waals surface area contributed by atoms with E-state index in [1.54, 1.807) is 36.1 Å². The number of carbonyl (C=O) groups excluding carboxylic acids is 2. The number of aromatic nitrogens is 3. The Hall–Kier alpha value is -4.02. The van der Waals surface area contributed by atoms with Gasteiger partial charge in [-0.15, -0.1) is 0 Å². The number of piperidine rings is 1. The molecule has 11 heteroatoms. The standard InChI is InChI=1S/C23H27N5O6/c1-13-9-20(27-34-13)24-22(29)14-5-7-28(8-6-14)23(30)17-12-16(25-26-17)15-10-18(31-2)21(33-4)19(11-15)32-3/h9-12,14H,5-8H2,1-4H3,(H,25,26)(H,24,27,29). The Bertz CT molecular complexity index is 1150. The van der Waals surface area contributed by atoms with Gasteiger partial charge in [0.2, 0.25) is 11.7 Å². The molecule has 3 heterocycles. The van der Waals surface area contributed by atoms with E-state index in [4.69, 9.17) is 18.7 Å². The first-order valence-electron chi connectivity index (χ1n) is 10.8. The number of H-pyrrole nitrogens is 1. The number of rotatable bonds is 7. The number of hydrogen-bond donors (Lipinski definition) is 2. The number of carbonyl (C=O) groups is 2. The van der Waals surface area contributed by atoms with Crippen molar-refractivity contribution in [2.45, 2.75) is 19.8 Å².